The quantitative estimate of drug-likeness (QED) is 0.855. The Bertz CT molecular complexity index is 452. The van der Waals surface area contributed by atoms with E-state index in [1.165, 1.54) is 12.1 Å². The zero-order valence-electron chi connectivity index (χ0n) is 9.89. The molecule has 1 aromatic carbocycles. The largest absolute Gasteiger partial charge is 0.478 e. The Morgan fingerprint density at radius 2 is 2.00 bits per heavy atom. The van der Waals surface area contributed by atoms with Crippen LogP contribution in [0.1, 0.15) is 23.2 Å². The maximum absolute atomic E-state index is 11.9. The molecule has 0 bridgehead atoms. The number of carbonyl (C=O) groups excluding carboxylic acids is 1. The van der Waals surface area contributed by atoms with Gasteiger partial charge in [-0.15, -0.1) is 0 Å². The van der Waals surface area contributed by atoms with Crippen molar-refractivity contribution in [1.29, 1.82) is 0 Å². The Hall–Kier alpha value is -1.88. The molecule has 1 aliphatic rings. The van der Waals surface area contributed by atoms with Gasteiger partial charge in [0.05, 0.1) is 5.56 Å². The SMILES string of the molecule is O=C(O)c1cccc(NC(=O)C2CCOCC2)c1. The van der Waals surface area contributed by atoms with Crippen molar-refractivity contribution in [3.63, 3.8) is 0 Å². The van der Waals surface area contributed by atoms with Gasteiger partial charge in [-0.1, -0.05) is 6.07 Å². The minimum atomic E-state index is -1.00. The first kappa shape index (κ1) is 12.6. The number of hydrogen-bond acceptors (Lipinski definition) is 3. The molecule has 1 heterocycles. The van der Waals surface area contributed by atoms with Crippen LogP contribution in [0, 0.1) is 5.92 Å². The second-order valence-corrected chi connectivity index (χ2v) is 4.26. The lowest BCUT2D eigenvalue weighted by molar-refractivity contribution is -0.122. The van der Waals surface area contributed by atoms with E-state index in [0.29, 0.717) is 31.7 Å². The molecule has 0 saturated carbocycles. The molecule has 18 heavy (non-hydrogen) atoms. The van der Waals surface area contributed by atoms with E-state index in [4.69, 9.17) is 9.84 Å². The van der Waals surface area contributed by atoms with E-state index < -0.39 is 5.97 Å². The number of ether oxygens (including phenoxy) is 1. The van der Waals surface area contributed by atoms with Gasteiger partial charge in [-0.2, -0.15) is 0 Å². The normalized spacial score (nSPS) is 16.2. The molecule has 0 aromatic heterocycles. The van der Waals surface area contributed by atoms with Gasteiger partial charge in [-0.05, 0) is 31.0 Å². The van der Waals surface area contributed by atoms with Crippen molar-refractivity contribution in [2.45, 2.75) is 12.8 Å². The highest BCUT2D eigenvalue weighted by Gasteiger charge is 2.21. The van der Waals surface area contributed by atoms with Gasteiger partial charge in [0.1, 0.15) is 0 Å². The Morgan fingerprint density at radius 1 is 1.28 bits per heavy atom. The molecule has 96 valence electrons. The summed E-state index contributed by atoms with van der Waals surface area (Å²) >= 11 is 0. The van der Waals surface area contributed by atoms with E-state index >= 15 is 0 Å². The van der Waals surface area contributed by atoms with E-state index in [9.17, 15) is 9.59 Å². The highest BCUT2D eigenvalue weighted by molar-refractivity contribution is 5.95. The average molecular weight is 249 g/mol. The molecule has 5 nitrogen and oxygen atoms in total. The van der Waals surface area contributed by atoms with Gasteiger partial charge >= 0.3 is 5.97 Å². The number of rotatable bonds is 3. The molecule has 0 aliphatic carbocycles. The maximum Gasteiger partial charge on any atom is 0.335 e. The molecule has 1 aromatic rings. The Balaban J connectivity index is 2.02. The number of carboxylic acids is 1. The fourth-order valence-electron chi connectivity index (χ4n) is 1.93. The predicted molar refractivity (Wildman–Crippen MR) is 65.6 cm³/mol. The molecular formula is C13H15NO4. The fraction of sp³-hybridized carbons (Fsp3) is 0.385. The second kappa shape index (κ2) is 5.64. The molecule has 1 fully saturated rings. The molecule has 2 N–H and O–H groups in total. The fourth-order valence-corrected chi connectivity index (χ4v) is 1.93. The van der Waals surface area contributed by atoms with Crippen LogP contribution < -0.4 is 5.32 Å². The molecule has 5 heteroatoms. The third kappa shape index (κ3) is 3.07. The molecule has 1 amide bonds. The van der Waals surface area contributed by atoms with Crippen LogP contribution in [0.25, 0.3) is 0 Å². The van der Waals surface area contributed by atoms with Crippen molar-refractivity contribution in [2.24, 2.45) is 5.92 Å². The first-order chi connectivity index (χ1) is 8.66. The summed E-state index contributed by atoms with van der Waals surface area (Å²) in [6.45, 7) is 1.21. The highest BCUT2D eigenvalue weighted by Crippen LogP contribution is 2.18. The first-order valence-electron chi connectivity index (χ1n) is 5.89. The van der Waals surface area contributed by atoms with Gasteiger partial charge in [-0.3, -0.25) is 4.79 Å². The summed E-state index contributed by atoms with van der Waals surface area (Å²) in [6.07, 6.45) is 1.43. The maximum atomic E-state index is 11.9. The summed E-state index contributed by atoms with van der Waals surface area (Å²) in [7, 11) is 0. The van der Waals surface area contributed by atoms with Crippen molar-refractivity contribution in [1.82, 2.24) is 0 Å². The van der Waals surface area contributed by atoms with Gasteiger partial charge in [0.25, 0.3) is 0 Å². The van der Waals surface area contributed by atoms with Crippen LogP contribution in [-0.4, -0.2) is 30.2 Å². The van der Waals surface area contributed by atoms with Crippen LogP contribution >= 0.6 is 0 Å². The van der Waals surface area contributed by atoms with Crippen LogP contribution in [0.15, 0.2) is 24.3 Å². The lowest BCUT2D eigenvalue weighted by Gasteiger charge is -2.21. The third-order valence-electron chi connectivity index (χ3n) is 2.97. The van der Waals surface area contributed by atoms with Crippen LogP contribution in [-0.2, 0) is 9.53 Å². The van der Waals surface area contributed by atoms with Crippen molar-refractivity contribution >= 4 is 17.6 Å². The summed E-state index contributed by atoms with van der Waals surface area (Å²) < 4.78 is 5.19. The smallest absolute Gasteiger partial charge is 0.335 e. The summed E-state index contributed by atoms with van der Waals surface area (Å²) in [6, 6.07) is 6.25. The highest BCUT2D eigenvalue weighted by atomic mass is 16.5. The van der Waals surface area contributed by atoms with Gasteiger partial charge in [0, 0.05) is 24.8 Å². The van der Waals surface area contributed by atoms with E-state index in [-0.39, 0.29) is 17.4 Å². The summed E-state index contributed by atoms with van der Waals surface area (Å²) in [5, 5.41) is 11.6. The minimum Gasteiger partial charge on any atom is -0.478 e. The minimum absolute atomic E-state index is 0.0489. The Kier molecular flexibility index (Phi) is 3.94. The van der Waals surface area contributed by atoms with Gasteiger partial charge in [0.15, 0.2) is 0 Å². The van der Waals surface area contributed by atoms with Gasteiger partial charge in [0.2, 0.25) is 5.91 Å². The number of carbonyl (C=O) groups is 2. The Morgan fingerprint density at radius 3 is 2.67 bits per heavy atom. The van der Waals surface area contributed by atoms with E-state index in [0.717, 1.165) is 0 Å². The summed E-state index contributed by atoms with van der Waals surface area (Å²) in [5.74, 6) is -1.12. The van der Waals surface area contributed by atoms with Crippen LogP contribution in [0.5, 0.6) is 0 Å². The molecule has 2 rings (SSSR count). The molecule has 0 radical (unpaired) electrons. The standard InChI is InChI=1S/C13H15NO4/c15-12(9-4-6-18-7-5-9)14-11-3-1-2-10(8-11)13(16)17/h1-3,8-9H,4-7H2,(H,14,15)(H,16,17). The molecule has 0 unspecified atom stereocenters. The van der Waals surface area contributed by atoms with Crippen LogP contribution in [0.2, 0.25) is 0 Å². The molecule has 1 aliphatic heterocycles. The third-order valence-corrected chi connectivity index (χ3v) is 2.97. The predicted octanol–water partition coefficient (Wildman–Crippen LogP) is 1.75. The summed E-state index contributed by atoms with van der Waals surface area (Å²) in [5.41, 5.74) is 0.686. The van der Waals surface area contributed by atoms with E-state index in [1.54, 1.807) is 12.1 Å². The zero-order valence-corrected chi connectivity index (χ0v) is 9.89. The van der Waals surface area contributed by atoms with E-state index in [1.807, 2.05) is 0 Å². The van der Waals surface area contributed by atoms with Gasteiger partial charge < -0.3 is 15.2 Å². The number of carboxylic acid groups (broad SMARTS) is 1. The average Bonchev–Trinajstić information content (AvgIpc) is 2.40. The number of benzene rings is 1. The zero-order chi connectivity index (χ0) is 13.0. The van der Waals surface area contributed by atoms with Gasteiger partial charge in [-0.25, -0.2) is 4.79 Å². The first-order valence-corrected chi connectivity index (χ1v) is 5.89. The van der Waals surface area contributed by atoms with Crippen LogP contribution in [0.3, 0.4) is 0 Å². The summed E-state index contributed by atoms with van der Waals surface area (Å²) in [4.78, 5) is 22.7. The van der Waals surface area contributed by atoms with Crippen molar-refractivity contribution in [3.05, 3.63) is 29.8 Å². The van der Waals surface area contributed by atoms with Crippen molar-refractivity contribution < 1.29 is 19.4 Å². The molecule has 0 spiro atoms. The monoisotopic (exact) mass is 249 g/mol. The molecule has 1 saturated heterocycles. The lowest BCUT2D eigenvalue weighted by atomic mass is 9.99. The number of nitrogens with one attached hydrogen (secondary N) is 1. The lowest BCUT2D eigenvalue weighted by Crippen LogP contribution is -2.28. The molecular weight excluding hydrogens is 234 g/mol. The number of amides is 1. The molecule has 0 atom stereocenters. The van der Waals surface area contributed by atoms with Crippen molar-refractivity contribution in [3.8, 4) is 0 Å². The van der Waals surface area contributed by atoms with E-state index in [2.05, 4.69) is 5.32 Å². The number of aromatic carboxylic acids is 1. The Labute approximate surface area is 105 Å². The number of hydrogen-bond donors (Lipinski definition) is 2. The van der Waals surface area contributed by atoms with Crippen molar-refractivity contribution in [2.75, 3.05) is 18.5 Å². The second-order valence-electron chi connectivity index (χ2n) is 4.26. The number of anilines is 1. The topological polar surface area (TPSA) is 75.6 Å². The van der Waals surface area contributed by atoms with Crippen LogP contribution in [0.4, 0.5) is 5.69 Å².